The Balaban J connectivity index is 2.32. The first-order valence-electron chi connectivity index (χ1n) is 6.76. The zero-order valence-electron chi connectivity index (χ0n) is 12.1. The van der Waals surface area contributed by atoms with E-state index in [1.165, 1.54) is 25.3 Å². The normalized spacial score (nSPS) is 13.0. The predicted octanol–water partition coefficient (Wildman–Crippen LogP) is 2.77. The average Bonchev–Trinajstić information content (AvgIpc) is 2.87. The van der Waals surface area contributed by atoms with E-state index in [9.17, 15) is 19.7 Å². The summed E-state index contributed by atoms with van der Waals surface area (Å²) in [5.41, 5.74) is 1.37. The number of ketones is 1. The van der Waals surface area contributed by atoms with Crippen LogP contribution in [0, 0.1) is 10.1 Å². The van der Waals surface area contributed by atoms with Crippen LogP contribution in [0.1, 0.15) is 21.5 Å². The Labute approximate surface area is 131 Å². The van der Waals surface area contributed by atoms with E-state index in [1.807, 2.05) is 0 Å². The Kier molecular flexibility index (Phi) is 3.50. The molecule has 0 bridgehead atoms. The molecule has 23 heavy (non-hydrogen) atoms. The number of hydrogen-bond donors (Lipinski definition) is 0. The molecular formula is C17H11NO5. The van der Waals surface area contributed by atoms with Gasteiger partial charge in [-0.2, -0.15) is 0 Å². The Morgan fingerprint density at radius 1 is 1.09 bits per heavy atom. The average molecular weight is 309 g/mol. The lowest BCUT2D eigenvalue weighted by atomic mass is 9.97. The van der Waals surface area contributed by atoms with Gasteiger partial charge in [-0.05, 0) is 11.6 Å². The molecule has 3 rings (SSSR count). The molecule has 0 N–H and O–H groups in total. The lowest BCUT2D eigenvalue weighted by molar-refractivity contribution is -0.384. The van der Waals surface area contributed by atoms with E-state index in [4.69, 9.17) is 4.74 Å². The SMILES string of the molecule is COC(=O)C1=C(c2ccccc2)c2cc([N+](=O)[O-])ccc2C1=O. The Morgan fingerprint density at radius 2 is 1.78 bits per heavy atom. The van der Waals surface area contributed by atoms with E-state index in [1.54, 1.807) is 30.3 Å². The highest BCUT2D eigenvalue weighted by Gasteiger charge is 2.36. The number of hydrogen-bond acceptors (Lipinski definition) is 5. The van der Waals surface area contributed by atoms with Gasteiger partial charge in [0.2, 0.25) is 5.78 Å². The van der Waals surface area contributed by atoms with Crippen molar-refractivity contribution in [2.75, 3.05) is 7.11 Å². The predicted molar refractivity (Wildman–Crippen MR) is 81.9 cm³/mol. The van der Waals surface area contributed by atoms with Crippen LogP contribution in [0.25, 0.3) is 5.57 Å². The molecular weight excluding hydrogens is 298 g/mol. The number of carbonyl (C=O) groups is 2. The van der Waals surface area contributed by atoms with E-state index < -0.39 is 16.7 Å². The van der Waals surface area contributed by atoms with Crippen molar-refractivity contribution in [3.63, 3.8) is 0 Å². The summed E-state index contributed by atoms with van der Waals surface area (Å²) in [6.07, 6.45) is 0. The number of nitrogens with zero attached hydrogens (tertiary/aromatic N) is 1. The largest absolute Gasteiger partial charge is 0.465 e. The van der Waals surface area contributed by atoms with Gasteiger partial charge in [0.05, 0.1) is 12.0 Å². The third-order valence-corrected chi connectivity index (χ3v) is 3.66. The number of fused-ring (bicyclic) bond motifs is 1. The van der Waals surface area contributed by atoms with Crippen LogP contribution < -0.4 is 0 Å². The van der Waals surface area contributed by atoms with E-state index in [2.05, 4.69) is 0 Å². The minimum Gasteiger partial charge on any atom is -0.465 e. The highest BCUT2D eigenvalue weighted by Crippen LogP contribution is 2.39. The summed E-state index contributed by atoms with van der Waals surface area (Å²) in [7, 11) is 1.19. The van der Waals surface area contributed by atoms with Gasteiger partial charge in [0.25, 0.3) is 5.69 Å². The molecule has 0 radical (unpaired) electrons. The van der Waals surface area contributed by atoms with Gasteiger partial charge >= 0.3 is 5.97 Å². The molecule has 0 atom stereocenters. The number of esters is 1. The number of rotatable bonds is 3. The fourth-order valence-electron chi connectivity index (χ4n) is 2.63. The van der Waals surface area contributed by atoms with Crippen molar-refractivity contribution in [3.05, 3.63) is 80.9 Å². The molecule has 1 aliphatic carbocycles. The summed E-state index contributed by atoms with van der Waals surface area (Å²) < 4.78 is 4.71. The number of nitro benzene ring substituents is 1. The summed E-state index contributed by atoms with van der Waals surface area (Å²) >= 11 is 0. The van der Waals surface area contributed by atoms with Crippen LogP contribution in [-0.4, -0.2) is 23.8 Å². The van der Waals surface area contributed by atoms with E-state index in [0.717, 1.165) is 0 Å². The van der Waals surface area contributed by atoms with E-state index in [0.29, 0.717) is 16.7 Å². The molecule has 6 heteroatoms. The molecule has 0 aromatic heterocycles. The second kappa shape index (κ2) is 5.49. The first-order valence-corrected chi connectivity index (χ1v) is 6.76. The Hall–Kier alpha value is -3.28. The van der Waals surface area contributed by atoms with Gasteiger partial charge in [0.1, 0.15) is 5.57 Å². The van der Waals surface area contributed by atoms with Gasteiger partial charge in [-0.1, -0.05) is 30.3 Å². The van der Waals surface area contributed by atoms with Crippen molar-refractivity contribution in [2.24, 2.45) is 0 Å². The summed E-state index contributed by atoms with van der Waals surface area (Å²) in [6, 6.07) is 12.7. The zero-order valence-corrected chi connectivity index (χ0v) is 12.1. The number of ether oxygens (including phenoxy) is 1. The molecule has 2 aromatic rings. The molecule has 2 aromatic carbocycles. The number of non-ortho nitro benzene ring substituents is 1. The molecule has 0 aliphatic heterocycles. The molecule has 1 aliphatic rings. The van der Waals surface area contributed by atoms with Crippen molar-refractivity contribution >= 4 is 23.0 Å². The van der Waals surface area contributed by atoms with Crippen LogP contribution in [0.3, 0.4) is 0 Å². The van der Waals surface area contributed by atoms with Gasteiger partial charge in [0.15, 0.2) is 0 Å². The van der Waals surface area contributed by atoms with Crippen LogP contribution in [0.2, 0.25) is 0 Å². The molecule has 0 amide bonds. The van der Waals surface area contributed by atoms with Crippen molar-refractivity contribution in [2.45, 2.75) is 0 Å². The maximum absolute atomic E-state index is 12.5. The smallest absolute Gasteiger partial charge is 0.342 e. The first kappa shape index (κ1) is 14.6. The quantitative estimate of drug-likeness (QED) is 0.376. The molecule has 114 valence electrons. The Morgan fingerprint density at radius 3 is 2.39 bits per heavy atom. The zero-order chi connectivity index (χ0) is 16.6. The number of Topliss-reactive ketones (excluding diaryl/α,β-unsaturated/α-hetero) is 1. The summed E-state index contributed by atoms with van der Waals surface area (Å²) in [6.45, 7) is 0. The topological polar surface area (TPSA) is 86.5 Å². The fraction of sp³-hybridized carbons (Fsp3) is 0.0588. The molecule has 6 nitrogen and oxygen atoms in total. The number of nitro groups is 1. The van der Waals surface area contributed by atoms with Gasteiger partial charge in [-0.15, -0.1) is 0 Å². The summed E-state index contributed by atoms with van der Waals surface area (Å²) in [4.78, 5) is 35.1. The number of benzene rings is 2. The summed E-state index contributed by atoms with van der Waals surface area (Å²) in [5.74, 6) is -1.24. The molecule has 0 saturated carbocycles. The van der Waals surface area contributed by atoms with Gasteiger partial charge in [-0.25, -0.2) is 4.79 Å². The van der Waals surface area contributed by atoms with Crippen molar-refractivity contribution in [1.82, 2.24) is 0 Å². The fourth-order valence-corrected chi connectivity index (χ4v) is 2.63. The van der Waals surface area contributed by atoms with E-state index in [-0.39, 0.29) is 16.8 Å². The monoisotopic (exact) mass is 309 g/mol. The molecule has 0 spiro atoms. The maximum atomic E-state index is 12.5. The standard InChI is InChI=1S/C17H11NO5/c1-23-17(20)15-14(10-5-3-2-4-6-10)13-9-11(18(21)22)7-8-12(13)16(15)19/h2-9H,1H3. The Bertz CT molecular complexity index is 868. The minimum atomic E-state index is -0.757. The van der Waals surface area contributed by atoms with Crippen LogP contribution in [-0.2, 0) is 9.53 Å². The number of carbonyl (C=O) groups excluding carboxylic acids is 2. The van der Waals surface area contributed by atoms with Crippen molar-refractivity contribution in [1.29, 1.82) is 0 Å². The van der Waals surface area contributed by atoms with Crippen LogP contribution in [0.15, 0.2) is 54.1 Å². The maximum Gasteiger partial charge on any atom is 0.342 e. The van der Waals surface area contributed by atoms with Crippen LogP contribution in [0.4, 0.5) is 5.69 Å². The van der Waals surface area contributed by atoms with Crippen LogP contribution in [0.5, 0.6) is 0 Å². The van der Waals surface area contributed by atoms with Crippen LogP contribution >= 0.6 is 0 Å². The third-order valence-electron chi connectivity index (χ3n) is 3.66. The van der Waals surface area contributed by atoms with Gasteiger partial charge < -0.3 is 4.74 Å². The highest BCUT2D eigenvalue weighted by molar-refractivity contribution is 6.35. The van der Waals surface area contributed by atoms with Gasteiger partial charge in [-0.3, -0.25) is 14.9 Å². The highest BCUT2D eigenvalue weighted by atomic mass is 16.6. The first-order chi connectivity index (χ1) is 11.0. The minimum absolute atomic E-state index is 0.103. The summed E-state index contributed by atoms with van der Waals surface area (Å²) in [5, 5.41) is 11.0. The lowest BCUT2D eigenvalue weighted by Crippen LogP contribution is -2.12. The molecule has 0 heterocycles. The third kappa shape index (κ3) is 2.30. The number of methoxy groups -OCH3 is 1. The lowest BCUT2D eigenvalue weighted by Gasteiger charge is -2.07. The van der Waals surface area contributed by atoms with E-state index >= 15 is 0 Å². The molecule has 0 saturated heterocycles. The van der Waals surface area contributed by atoms with Gasteiger partial charge in [0, 0.05) is 28.8 Å². The molecule has 0 fully saturated rings. The second-order valence-corrected chi connectivity index (χ2v) is 4.92. The molecule has 0 unspecified atom stereocenters. The van der Waals surface area contributed by atoms with Crippen molar-refractivity contribution < 1.29 is 19.2 Å². The second-order valence-electron chi connectivity index (χ2n) is 4.92. The van der Waals surface area contributed by atoms with Crippen molar-refractivity contribution in [3.8, 4) is 0 Å².